The highest BCUT2D eigenvalue weighted by molar-refractivity contribution is 5.03. The summed E-state index contributed by atoms with van der Waals surface area (Å²) in [6.07, 6.45) is 8.75. The van der Waals surface area contributed by atoms with Crippen molar-refractivity contribution in [2.24, 2.45) is 0 Å². The molecule has 0 N–H and O–H groups in total. The number of hydrogen-bond acceptors (Lipinski definition) is 3. The van der Waals surface area contributed by atoms with Crippen LogP contribution in [-0.4, -0.2) is 18.7 Å². The van der Waals surface area contributed by atoms with E-state index in [1.54, 1.807) is 7.11 Å². The van der Waals surface area contributed by atoms with Gasteiger partial charge in [-0.05, 0) is 20.8 Å². The van der Waals surface area contributed by atoms with Gasteiger partial charge in [0.25, 0.3) is 0 Å². The van der Waals surface area contributed by atoms with Crippen LogP contribution in [0, 0.1) is 20.8 Å². The molecule has 0 aliphatic heterocycles. The van der Waals surface area contributed by atoms with Crippen LogP contribution in [0.4, 0.5) is 0 Å². The van der Waals surface area contributed by atoms with Crippen molar-refractivity contribution in [1.29, 1.82) is 0 Å². The van der Waals surface area contributed by atoms with Crippen molar-refractivity contribution in [1.82, 2.24) is 4.98 Å². The summed E-state index contributed by atoms with van der Waals surface area (Å²) < 4.78 is 9.64. The van der Waals surface area contributed by atoms with E-state index in [0.29, 0.717) is 0 Å². The van der Waals surface area contributed by atoms with Crippen molar-refractivity contribution in [3.8, 4) is 0 Å². The van der Waals surface area contributed by atoms with E-state index in [0.717, 1.165) is 24.0 Å². The molecule has 1 aromatic rings. The zero-order chi connectivity index (χ0) is 17.8. The molecular formula is C21H49NO2. The summed E-state index contributed by atoms with van der Waals surface area (Å²) in [5, 5.41) is 0. The third-order valence-corrected chi connectivity index (χ3v) is 2.67. The van der Waals surface area contributed by atoms with Crippen LogP contribution in [0.2, 0.25) is 0 Å². The lowest BCUT2D eigenvalue weighted by Crippen LogP contribution is -1.73. The molecule has 1 fully saturated rings. The Balaban J connectivity index is -0.0000000667. The van der Waals surface area contributed by atoms with Gasteiger partial charge in [0.1, 0.15) is 5.76 Å². The van der Waals surface area contributed by atoms with Gasteiger partial charge in [0.05, 0.1) is 5.69 Å². The van der Waals surface area contributed by atoms with Gasteiger partial charge in [-0.3, -0.25) is 0 Å². The predicted octanol–water partition coefficient (Wildman–Crippen LogP) is 7.92. The summed E-state index contributed by atoms with van der Waals surface area (Å²) in [6, 6.07) is 0. The van der Waals surface area contributed by atoms with Crippen molar-refractivity contribution >= 4 is 0 Å². The molecule has 0 amide bonds. The average molecular weight is 348 g/mol. The molecule has 0 spiro atoms. The summed E-state index contributed by atoms with van der Waals surface area (Å²) in [4.78, 5) is 4.04. The van der Waals surface area contributed by atoms with Crippen molar-refractivity contribution in [3.05, 3.63) is 17.3 Å². The maximum Gasteiger partial charge on any atom is 0.191 e. The predicted molar refractivity (Wildman–Crippen MR) is 112 cm³/mol. The topological polar surface area (TPSA) is 35.3 Å². The molecular weight excluding hydrogens is 298 g/mol. The molecule has 0 unspecified atom stereocenters. The van der Waals surface area contributed by atoms with Crippen LogP contribution in [0.25, 0.3) is 0 Å². The van der Waals surface area contributed by atoms with Crippen molar-refractivity contribution < 1.29 is 9.15 Å². The number of nitrogens with zero attached hydrogens (tertiary/aromatic N) is 1. The Kier molecular flexibility index (Phi) is 43.3. The van der Waals surface area contributed by atoms with Gasteiger partial charge in [0, 0.05) is 20.6 Å². The zero-order valence-corrected chi connectivity index (χ0v) is 16.7. The highest BCUT2D eigenvalue weighted by Gasteiger charge is 1.97. The van der Waals surface area contributed by atoms with Crippen LogP contribution < -0.4 is 0 Å². The molecule has 0 radical (unpaired) electrons. The maximum atomic E-state index is 5.10. The van der Waals surface area contributed by atoms with Gasteiger partial charge in [-0.1, -0.05) is 81.1 Å². The normalized spacial score (nSPS) is 10.5. The highest BCUT2D eigenvalue weighted by atomic mass is 16.5. The monoisotopic (exact) mass is 347 g/mol. The van der Waals surface area contributed by atoms with Gasteiger partial charge in [0.2, 0.25) is 0 Å². The minimum atomic E-state index is 0. The first-order valence-corrected chi connectivity index (χ1v) is 8.92. The summed E-state index contributed by atoms with van der Waals surface area (Å²) in [6.45, 7) is 16.7. The fourth-order valence-corrected chi connectivity index (χ4v) is 1.52. The molecule has 24 heavy (non-hydrogen) atoms. The van der Waals surface area contributed by atoms with Gasteiger partial charge in [0.15, 0.2) is 5.89 Å². The molecule has 3 heteroatoms. The van der Waals surface area contributed by atoms with Crippen molar-refractivity contribution in [2.75, 3.05) is 13.7 Å². The Hall–Kier alpha value is -0.830. The quantitative estimate of drug-likeness (QED) is 0.517. The standard InChI is InChI=1S/C6H9NO.C5H10.C3H8O.C3H8.C2H6.2CH4/c1-4-5(2)8-6(3)7-4;1-2-4-5-3-1;1-3-4-2;1-3-2;1-2;;/h1-3H3;1-5H2;3H2,1-2H3;3H2,1-2H3;1-2H3;2*1H4. The Morgan fingerprint density at radius 1 is 0.875 bits per heavy atom. The number of methoxy groups -OCH3 is 1. The van der Waals surface area contributed by atoms with E-state index >= 15 is 0 Å². The van der Waals surface area contributed by atoms with Gasteiger partial charge < -0.3 is 9.15 Å². The highest BCUT2D eigenvalue weighted by Crippen LogP contribution is 2.15. The molecule has 1 aromatic heterocycles. The first-order chi connectivity index (χ1) is 10.5. The Labute approximate surface area is 154 Å². The Morgan fingerprint density at radius 2 is 1.17 bits per heavy atom. The fraction of sp³-hybridized carbons (Fsp3) is 0.857. The molecule has 0 bridgehead atoms. The SMILES string of the molecule is C.C.C1CCCC1.CC.CCC.CCOC.Cc1nc(C)c(C)o1. The Morgan fingerprint density at radius 3 is 1.25 bits per heavy atom. The number of oxazole rings is 1. The lowest BCUT2D eigenvalue weighted by molar-refractivity contribution is 0.215. The van der Waals surface area contributed by atoms with E-state index in [1.807, 2.05) is 41.5 Å². The minimum absolute atomic E-state index is 0. The first-order valence-electron chi connectivity index (χ1n) is 8.92. The lowest BCUT2D eigenvalue weighted by Gasteiger charge is -1.77. The number of hydrogen-bond donors (Lipinski definition) is 0. The van der Waals surface area contributed by atoms with Crippen LogP contribution >= 0.6 is 0 Å². The van der Waals surface area contributed by atoms with Crippen LogP contribution in [0.15, 0.2) is 4.42 Å². The number of ether oxygens (including phenoxy) is 1. The largest absolute Gasteiger partial charge is 0.446 e. The molecule has 1 heterocycles. The smallest absolute Gasteiger partial charge is 0.191 e. The molecule has 0 aromatic carbocycles. The van der Waals surface area contributed by atoms with Gasteiger partial charge in [-0.15, -0.1) is 0 Å². The molecule has 1 aliphatic carbocycles. The third kappa shape index (κ3) is 29.2. The summed E-state index contributed by atoms with van der Waals surface area (Å²) in [7, 11) is 1.68. The summed E-state index contributed by atoms with van der Waals surface area (Å²) in [5.74, 6) is 1.67. The van der Waals surface area contributed by atoms with Gasteiger partial charge in [-0.2, -0.15) is 0 Å². The molecule has 1 saturated carbocycles. The molecule has 3 nitrogen and oxygen atoms in total. The summed E-state index contributed by atoms with van der Waals surface area (Å²) in [5.41, 5.74) is 0.988. The van der Waals surface area contributed by atoms with E-state index in [2.05, 4.69) is 23.6 Å². The lowest BCUT2D eigenvalue weighted by atomic mass is 10.4. The van der Waals surface area contributed by atoms with Crippen LogP contribution in [-0.2, 0) is 4.74 Å². The minimum Gasteiger partial charge on any atom is -0.446 e. The number of aryl methyl sites for hydroxylation is 3. The second kappa shape index (κ2) is 30.1. The van der Waals surface area contributed by atoms with Crippen molar-refractivity contribution in [2.45, 2.75) is 109 Å². The van der Waals surface area contributed by atoms with E-state index in [-0.39, 0.29) is 14.9 Å². The van der Waals surface area contributed by atoms with Crippen molar-refractivity contribution in [3.63, 3.8) is 0 Å². The molecule has 1 aliphatic rings. The number of aromatic nitrogens is 1. The van der Waals surface area contributed by atoms with Crippen LogP contribution in [0.1, 0.15) is 105 Å². The van der Waals surface area contributed by atoms with E-state index in [4.69, 9.17) is 4.42 Å². The van der Waals surface area contributed by atoms with Gasteiger partial charge in [-0.25, -0.2) is 4.98 Å². The van der Waals surface area contributed by atoms with Crippen LogP contribution in [0.5, 0.6) is 0 Å². The average Bonchev–Trinajstić information content (AvgIpc) is 3.17. The van der Waals surface area contributed by atoms with E-state index in [1.165, 1.54) is 38.5 Å². The van der Waals surface area contributed by atoms with Crippen LogP contribution in [0.3, 0.4) is 0 Å². The maximum absolute atomic E-state index is 5.10. The Bertz CT molecular complexity index is 263. The zero-order valence-electron chi connectivity index (χ0n) is 16.7. The van der Waals surface area contributed by atoms with E-state index in [9.17, 15) is 0 Å². The second-order valence-corrected chi connectivity index (χ2v) is 4.93. The fourth-order valence-electron chi connectivity index (χ4n) is 1.52. The molecule has 2 rings (SSSR count). The molecule has 0 saturated heterocycles. The summed E-state index contributed by atoms with van der Waals surface area (Å²) >= 11 is 0. The molecule has 0 atom stereocenters. The second-order valence-electron chi connectivity index (χ2n) is 4.93. The van der Waals surface area contributed by atoms with E-state index < -0.39 is 0 Å². The van der Waals surface area contributed by atoms with Gasteiger partial charge >= 0.3 is 0 Å². The third-order valence-electron chi connectivity index (χ3n) is 2.67. The molecule has 150 valence electrons. The first kappa shape index (κ1) is 34.5. The number of rotatable bonds is 1.